The van der Waals surface area contributed by atoms with Gasteiger partial charge in [-0.1, -0.05) is 12.1 Å². The number of carbonyl (C=O) groups excluding carboxylic acids is 1. The van der Waals surface area contributed by atoms with E-state index in [1.165, 1.54) is 12.1 Å². The zero-order valence-corrected chi connectivity index (χ0v) is 16.4. The van der Waals surface area contributed by atoms with Crippen LogP contribution in [0.1, 0.15) is 22.3 Å². The average Bonchev–Trinajstić information content (AvgIpc) is 3.13. The van der Waals surface area contributed by atoms with E-state index >= 15 is 0 Å². The van der Waals surface area contributed by atoms with Crippen molar-refractivity contribution in [3.63, 3.8) is 0 Å². The largest absolute Gasteiger partial charge is 0.337 e. The van der Waals surface area contributed by atoms with Gasteiger partial charge in [-0.2, -0.15) is 0 Å². The van der Waals surface area contributed by atoms with Crippen LogP contribution in [0.5, 0.6) is 0 Å². The quantitative estimate of drug-likeness (QED) is 0.689. The second-order valence-electron chi connectivity index (χ2n) is 7.69. The molecular formula is C23H24FN3O. The Morgan fingerprint density at radius 2 is 2.04 bits per heavy atom. The van der Waals surface area contributed by atoms with Crippen molar-refractivity contribution in [3.05, 3.63) is 65.5 Å². The first kappa shape index (κ1) is 18.6. The first-order valence-corrected chi connectivity index (χ1v) is 9.55. The van der Waals surface area contributed by atoms with Gasteiger partial charge in [-0.3, -0.25) is 4.79 Å². The van der Waals surface area contributed by atoms with Crippen LogP contribution in [-0.2, 0) is 0 Å². The van der Waals surface area contributed by atoms with Gasteiger partial charge in [0.2, 0.25) is 0 Å². The molecular weight excluding hydrogens is 353 g/mol. The molecule has 2 heterocycles. The highest BCUT2D eigenvalue weighted by Gasteiger charge is 2.27. The standard InChI is InChI=1S/C23H24FN3O/c1-15-11-21(25-22-13-18(24)7-8-20(15)22)16-5-4-6-17(12-16)23(28)27(3)19-9-10-26(2)14-19/h4-8,11-13,19H,9-10,14H2,1-3H3/t19-/m1/s1. The molecule has 3 aromatic rings. The lowest BCUT2D eigenvalue weighted by molar-refractivity contribution is 0.0737. The third-order valence-corrected chi connectivity index (χ3v) is 5.62. The summed E-state index contributed by atoms with van der Waals surface area (Å²) in [4.78, 5) is 21.7. The van der Waals surface area contributed by atoms with E-state index in [2.05, 4.69) is 16.9 Å². The van der Waals surface area contributed by atoms with Crippen LogP contribution < -0.4 is 0 Å². The number of halogens is 1. The molecule has 0 unspecified atom stereocenters. The van der Waals surface area contributed by atoms with E-state index in [1.807, 2.05) is 49.2 Å². The molecule has 1 aliphatic heterocycles. The van der Waals surface area contributed by atoms with E-state index in [0.29, 0.717) is 11.1 Å². The number of fused-ring (bicyclic) bond motifs is 1. The number of carbonyl (C=O) groups is 1. The van der Waals surface area contributed by atoms with Crippen LogP contribution in [0.25, 0.3) is 22.2 Å². The summed E-state index contributed by atoms with van der Waals surface area (Å²) in [5.41, 5.74) is 3.90. The molecule has 4 rings (SSSR count). The minimum absolute atomic E-state index is 0.0192. The molecule has 1 atom stereocenters. The van der Waals surface area contributed by atoms with E-state index in [4.69, 9.17) is 0 Å². The van der Waals surface area contributed by atoms with Crippen molar-refractivity contribution in [2.45, 2.75) is 19.4 Å². The fourth-order valence-corrected chi connectivity index (χ4v) is 3.93. The highest BCUT2D eigenvalue weighted by atomic mass is 19.1. The number of amides is 1. The number of aromatic nitrogens is 1. The van der Waals surface area contributed by atoms with Crippen LogP contribution in [0, 0.1) is 12.7 Å². The van der Waals surface area contributed by atoms with Gasteiger partial charge >= 0.3 is 0 Å². The molecule has 0 saturated carbocycles. The van der Waals surface area contributed by atoms with Crippen LogP contribution in [0.2, 0.25) is 0 Å². The number of benzene rings is 2. The molecule has 1 amide bonds. The molecule has 1 saturated heterocycles. The summed E-state index contributed by atoms with van der Waals surface area (Å²) in [5, 5.41) is 0.933. The molecule has 0 radical (unpaired) electrons. The number of rotatable bonds is 3. The van der Waals surface area contributed by atoms with Crippen molar-refractivity contribution in [3.8, 4) is 11.3 Å². The van der Waals surface area contributed by atoms with Crippen LogP contribution in [0.15, 0.2) is 48.5 Å². The molecule has 1 aliphatic rings. The molecule has 0 spiro atoms. The Kier molecular flexibility index (Phi) is 4.85. The molecule has 2 aromatic carbocycles. The summed E-state index contributed by atoms with van der Waals surface area (Å²) in [6.07, 6.45) is 0.995. The van der Waals surface area contributed by atoms with Crippen molar-refractivity contribution in [1.82, 2.24) is 14.8 Å². The van der Waals surface area contributed by atoms with Crippen LogP contribution >= 0.6 is 0 Å². The van der Waals surface area contributed by atoms with E-state index in [1.54, 1.807) is 6.07 Å². The highest BCUT2D eigenvalue weighted by molar-refractivity contribution is 5.95. The minimum atomic E-state index is -0.302. The average molecular weight is 377 g/mol. The number of hydrogen-bond acceptors (Lipinski definition) is 3. The first-order valence-electron chi connectivity index (χ1n) is 9.55. The SMILES string of the molecule is Cc1cc(-c2cccc(C(=O)N(C)[C@@H]3CCN(C)C3)c2)nc2cc(F)ccc12. The van der Waals surface area contributed by atoms with Gasteiger partial charge in [0.15, 0.2) is 0 Å². The van der Waals surface area contributed by atoms with Crippen LogP contribution in [0.3, 0.4) is 0 Å². The predicted molar refractivity (Wildman–Crippen MR) is 110 cm³/mol. The first-order chi connectivity index (χ1) is 13.4. The topological polar surface area (TPSA) is 36.4 Å². The Labute approximate surface area is 164 Å². The number of likely N-dealkylation sites (N-methyl/N-ethyl adjacent to an activating group) is 2. The van der Waals surface area contributed by atoms with E-state index in [-0.39, 0.29) is 17.8 Å². The van der Waals surface area contributed by atoms with Crippen molar-refractivity contribution in [2.75, 3.05) is 27.2 Å². The minimum Gasteiger partial charge on any atom is -0.337 e. The molecule has 1 fully saturated rings. The number of aryl methyl sites for hydroxylation is 1. The Morgan fingerprint density at radius 1 is 1.21 bits per heavy atom. The van der Waals surface area contributed by atoms with Gasteiger partial charge in [-0.05, 0) is 62.8 Å². The van der Waals surface area contributed by atoms with Crippen LogP contribution in [-0.4, -0.2) is 53.9 Å². The van der Waals surface area contributed by atoms with E-state index in [0.717, 1.165) is 41.7 Å². The smallest absolute Gasteiger partial charge is 0.253 e. The fourth-order valence-electron chi connectivity index (χ4n) is 3.93. The summed E-state index contributed by atoms with van der Waals surface area (Å²) >= 11 is 0. The summed E-state index contributed by atoms with van der Waals surface area (Å²) in [7, 11) is 3.95. The lowest BCUT2D eigenvalue weighted by Gasteiger charge is -2.24. The fraction of sp³-hybridized carbons (Fsp3) is 0.304. The lowest BCUT2D eigenvalue weighted by atomic mass is 10.0. The van der Waals surface area contributed by atoms with Crippen molar-refractivity contribution in [1.29, 1.82) is 0 Å². The number of nitrogens with zero attached hydrogens (tertiary/aromatic N) is 3. The summed E-state index contributed by atoms with van der Waals surface area (Å²) in [6, 6.07) is 14.4. The van der Waals surface area contributed by atoms with Gasteiger partial charge in [-0.25, -0.2) is 9.37 Å². The van der Waals surface area contributed by atoms with Gasteiger partial charge in [0.25, 0.3) is 5.91 Å². The van der Waals surface area contributed by atoms with E-state index < -0.39 is 0 Å². The van der Waals surface area contributed by atoms with Crippen molar-refractivity contribution < 1.29 is 9.18 Å². The Morgan fingerprint density at radius 3 is 2.79 bits per heavy atom. The maximum atomic E-state index is 13.6. The second-order valence-corrected chi connectivity index (χ2v) is 7.69. The molecule has 0 aliphatic carbocycles. The Bertz CT molecular complexity index is 1050. The molecule has 4 nitrogen and oxygen atoms in total. The maximum absolute atomic E-state index is 13.6. The van der Waals surface area contributed by atoms with Crippen LogP contribution in [0.4, 0.5) is 4.39 Å². The third kappa shape index (κ3) is 3.50. The van der Waals surface area contributed by atoms with Gasteiger partial charge in [0.05, 0.1) is 11.2 Å². The number of likely N-dealkylation sites (tertiary alicyclic amines) is 1. The zero-order chi connectivity index (χ0) is 19.8. The van der Waals surface area contributed by atoms with Gasteiger partial charge in [0.1, 0.15) is 5.82 Å². The van der Waals surface area contributed by atoms with Gasteiger partial charge in [0, 0.05) is 42.2 Å². The monoisotopic (exact) mass is 377 g/mol. The Balaban J connectivity index is 1.67. The zero-order valence-electron chi connectivity index (χ0n) is 16.4. The lowest BCUT2D eigenvalue weighted by Crippen LogP contribution is -2.38. The molecule has 5 heteroatoms. The maximum Gasteiger partial charge on any atom is 0.253 e. The molecule has 1 aromatic heterocycles. The Hall–Kier alpha value is -2.79. The summed E-state index contributed by atoms with van der Waals surface area (Å²) in [5.74, 6) is -0.283. The highest BCUT2D eigenvalue weighted by Crippen LogP contribution is 2.26. The van der Waals surface area contributed by atoms with Gasteiger partial charge in [-0.15, -0.1) is 0 Å². The van der Waals surface area contributed by atoms with Gasteiger partial charge < -0.3 is 9.80 Å². The number of pyridine rings is 1. The predicted octanol–water partition coefficient (Wildman–Crippen LogP) is 4.13. The second kappa shape index (κ2) is 7.32. The van der Waals surface area contributed by atoms with Crippen molar-refractivity contribution in [2.24, 2.45) is 0 Å². The normalized spacial score (nSPS) is 17.2. The third-order valence-electron chi connectivity index (χ3n) is 5.62. The molecule has 0 N–H and O–H groups in total. The van der Waals surface area contributed by atoms with E-state index in [9.17, 15) is 9.18 Å². The molecule has 0 bridgehead atoms. The molecule has 144 valence electrons. The summed E-state index contributed by atoms with van der Waals surface area (Å²) < 4.78 is 13.6. The number of hydrogen-bond donors (Lipinski definition) is 0. The van der Waals surface area contributed by atoms with Crippen molar-refractivity contribution >= 4 is 16.8 Å². The summed E-state index contributed by atoms with van der Waals surface area (Å²) in [6.45, 7) is 3.91. The molecule has 28 heavy (non-hydrogen) atoms.